The number of aliphatic hydroxyl groups is 1. The minimum atomic E-state index is -4.64. The number of nitrogens with two attached hydrogens (primary N) is 1. The molecule has 0 saturated carbocycles. The van der Waals surface area contributed by atoms with Crippen LogP contribution >= 0.6 is 0 Å². The first-order chi connectivity index (χ1) is 9.68. The van der Waals surface area contributed by atoms with E-state index in [0.29, 0.717) is 13.0 Å². The quantitative estimate of drug-likeness (QED) is 0.454. The number of alkyl halides is 3. The molecule has 21 heavy (non-hydrogen) atoms. The molecule has 0 atom stereocenters. The molecule has 1 aromatic heterocycles. The predicted octanol–water partition coefficient (Wildman–Crippen LogP) is 1.99. The van der Waals surface area contributed by atoms with Crippen molar-refractivity contribution in [2.45, 2.75) is 32.9 Å². The van der Waals surface area contributed by atoms with Gasteiger partial charge in [-0.15, -0.1) is 0 Å². The number of aromatic nitrogens is 2. The molecular formula is C12H20F3N5O. The lowest BCUT2D eigenvalue weighted by Gasteiger charge is -2.25. The van der Waals surface area contributed by atoms with Gasteiger partial charge < -0.3 is 15.8 Å². The number of halogens is 3. The zero-order chi connectivity index (χ0) is 16.1. The van der Waals surface area contributed by atoms with Crippen LogP contribution in [0.15, 0.2) is 6.07 Å². The lowest BCUT2D eigenvalue weighted by atomic mass is 9.88. The van der Waals surface area contributed by atoms with Crippen molar-refractivity contribution in [2.75, 3.05) is 23.9 Å². The van der Waals surface area contributed by atoms with Crippen molar-refractivity contribution in [1.29, 1.82) is 0 Å². The van der Waals surface area contributed by atoms with Crippen LogP contribution in [0.25, 0.3) is 0 Å². The summed E-state index contributed by atoms with van der Waals surface area (Å²) in [5.41, 5.74) is 1.90. The molecule has 1 rings (SSSR count). The summed E-state index contributed by atoms with van der Waals surface area (Å²) in [6, 6.07) is 1.30. The van der Waals surface area contributed by atoms with Crippen LogP contribution in [0, 0.1) is 5.41 Å². The summed E-state index contributed by atoms with van der Waals surface area (Å²) in [5.74, 6) is 3.79. The number of nitrogens with zero attached hydrogens (tertiary/aromatic N) is 2. The number of rotatable bonds is 7. The van der Waals surface area contributed by atoms with E-state index in [0.717, 1.165) is 6.42 Å². The molecule has 0 bridgehead atoms. The molecule has 0 fully saturated rings. The Balaban J connectivity index is 2.83. The van der Waals surface area contributed by atoms with Gasteiger partial charge in [0.1, 0.15) is 11.6 Å². The van der Waals surface area contributed by atoms with Crippen molar-refractivity contribution >= 4 is 11.6 Å². The highest BCUT2D eigenvalue weighted by Crippen LogP contribution is 2.29. The van der Waals surface area contributed by atoms with Crippen molar-refractivity contribution in [2.24, 2.45) is 11.3 Å². The Morgan fingerprint density at radius 1 is 1.24 bits per heavy atom. The summed E-state index contributed by atoms with van der Waals surface area (Å²) in [6.07, 6.45) is -3.28. The Kier molecular flexibility index (Phi) is 5.73. The van der Waals surface area contributed by atoms with Crippen molar-refractivity contribution < 1.29 is 18.3 Å². The van der Waals surface area contributed by atoms with Crippen LogP contribution in [0.4, 0.5) is 24.8 Å². The second-order valence-electron chi connectivity index (χ2n) is 5.45. The van der Waals surface area contributed by atoms with Gasteiger partial charge >= 0.3 is 6.18 Å². The average Bonchev–Trinajstić information content (AvgIpc) is 2.42. The Morgan fingerprint density at radius 2 is 1.86 bits per heavy atom. The lowest BCUT2D eigenvalue weighted by Crippen LogP contribution is -2.25. The van der Waals surface area contributed by atoms with Crippen molar-refractivity contribution in [3.63, 3.8) is 0 Å². The topological polar surface area (TPSA) is 96.1 Å². The van der Waals surface area contributed by atoms with Crippen LogP contribution in [-0.2, 0) is 6.18 Å². The average molecular weight is 307 g/mol. The smallest absolute Gasteiger partial charge is 0.396 e. The predicted molar refractivity (Wildman–Crippen MR) is 73.4 cm³/mol. The van der Waals surface area contributed by atoms with Crippen LogP contribution in [0.2, 0.25) is 0 Å². The first kappa shape index (κ1) is 17.4. The van der Waals surface area contributed by atoms with E-state index in [1.807, 2.05) is 13.8 Å². The molecule has 0 aliphatic carbocycles. The Morgan fingerprint density at radius 3 is 2.38 bits per heavy atom. The highest BCUT2D eigenvalue weighted by molar-refractivity contribution is 5.47. The van der Waals surface area contributed by atoms with Crippen LogP contribution in [0.3, 0.4) is 0 Å². The second kappa shape index (κ2) is 6.90. The minimum absolute atomic E-state index is 0.0438. The van der Waals surface area contributed by atoms with Crippen LogP contribution in [0.5, 0.6) is 0 Å². The van der Waals surface area contributed by atoms with E-state index in [1.54, 1.807) is 0 Å². The fourth-order valence-electron chi connectivity index (χ4n) is 1.71. The molecule has 1 aromatic rings. The summed E-state index contributed by atoms with van der Waals surface area (Å²) in [7, 11) is 0. The van der Waals surface area contributed by atoms with Crippen molar-refractivity contribution in [3.05, 3.63) is 11.9 Å². The summed E-state index contributed by atoms with van der Waals surface area (Å²) in [6.45, 7) is 4.38. The number of anilines is 2. The van der Waals surface area contributed by atoms with Gasteiger partial charge in [-0.25, -0.2) is 15.8 Å². The van der Waals surface area contributed by atoms with Gasteiger partial charge in [0.05, 0.1) is 0 Å². The molecule has 0 unspecified atom stereocenters. The number of aliphatic hydroxyl groups excluding tert-OH is 1. The molecule has 0 aromatic carbocycles. The van der Waals surface area contributed by atoms with E-state index in [-0.39, 0.29) is 23.7 Å². The largest absolute Gasteiger partial charge is 0.451 e. The third-order valence-electron chi connectivity index (χ3n) is 2.89. The van der Waals surface area contributed by atoms with E-state index in [2.05, 4.69) is 20.7 Å². The Bertz CT molecular complexity index is 465. The van der Waals surface area contributed by atoms with Gasteiger partial charge in [0.25, 0.3) is 0 Å². The van der Waals surface area contributed by atoms with Crippen LogP contribution < -0.4 is 16.6 Å². The van der Waals surface area contributed by atoms with Gasteiger partial charge in [-0.1, -0.05) is 13.8 Å². The molecule has 1 heterocycles. The zero-order valence-corrected chi connectivity index (χ0v) is 12.0. The minimum Gasteiger partial charge on any atom is -0.396 e. The summed E-state index contributed by atoms with van der Waals surface area (Å²) >= 11 is 0. The first-order valence-corrected chi connectivity index (χ1v) is 6.45. The maximum atomic E-state index is 12.7. The molecule has 5 N–H and O–H groups in total. The zero-order valence-electron chi connectivity index (χ0n) is 12.0. The highest BCUT2D eigenvalue weighted by Gasteiger charge is 2.35. The Hall–Kier alpha value is -1.61. The molecule has 9 heteroatoms. The molecule has 0 aliphatic heterocycles. The third-order valence-corrected chi connectivity index (χ3v) is 2.89. The molecular weight excluding hydrogens is 287 g/mol. The lowest BCUT2D eigenvalue weighted by molar-refractivity contribution is -0.144. The fraction of sp³-hybridized carbons (Fsp3) is 0.667. The first-order valence-electron chi connectivity index (χ1n) is 6.45. The van der Waals surface area contributed by atoms with Crippen LogP contribution in [0.1, 0.15) is 32.5 Å². The number of nitrogens with one attached hydrogen (secondary N) is 2. The van der Waals surface area contributed by atoms with Crippen molar-refractivity contribution in [3.8, 4) is 0 Å². The second-order valence-corrected chi connectivity index (χ2v) is 5.45. The molecule has 0 radical (unpaired) electrons. The van der Waals surface area contributed by atoms with Gasteiger partial charge in [0.15, 0.2) is 0 Å². The number of hydrogen-bond donors (Lipinski definition) is 4. The molecule has 0 amide bonds. The molecule has 6 nitrogen and oxygen atoms in total. The summed E-state index contributed by atoms with van der Waals surface area (Å²) in [4.78, 5) is 6.72. The molecule has 120 valence electrons. The standard InChI is InChI=1S/C12H20F3N5O/c1-11(2,4-3-5-21)7-17-8-6-9(20-16)19-10(18-8)12(13,14)15/h6,21H,3-5,7,16H2,1-2H3,(H2,17,18,19,20). The molecule has 0 aliphatic rings. The van der Waals surface area contributed by atoms with Crippen molar-refractivity contribution in [1.82, 2.24) is 9.97 Å². The van der Waals surface area contributed by atoms with Crippen LogP contribution in [-0.4, -0.2) is 28.2 Å². The third kappa shape index (κ3) is 5.72. The number of hydrazine groups is 1. The summed E-state index contributed by atoms with van der Waals surface area (Å²) < 4.78 is 38.0. The maximum Gasteiger partial charge on any atom is 0.451 e. The monoisotopic (exact) mass is 307 g/mol. The SMILES string of the molecule is CC(C)(CCCO)CNc1cc(NN)nc(C(F)(F)F)n1. The molecule has 0 saturated heterocycles. The van der Waals surface area contributed by atoms with E-state index >= 15 is 0 Å². The number of hydrogen-bond acceptors (Lipinski definition) is 6. The van der Waals surface area contributed by atoms with E-state index in [1.165, 1.54) is 6.07 Å². The van der Waals surface area contributed by atoms with Gasteiger partial charge in [0, 0.05) is 19.2 Å². The Labute approximate surface area is 120 Å². The van der Waals surface area contributed by atoms with Gasteiger partial charge in [-0.05, 0) is 18.3 Å². The summed E-state index contributed by atoms with van der Waals surface area (Å²) in [5, 5.41) is 11.7. The van der Waals surface area contributed by atoms with Gasteiger partial charge in [0.2, 0.25) is 5.82 Å². The maximum absolute atomic E-state index is 12.7. The number of nitrogen functional groups attached to an aromatic ring is 1. The van der Waals surface area contributed by atoms with Gasteiger partial charge in [-0.3, -0.25) is 0 Å². The van der Waals surface area contributed by atoms with E-state index < -0.39 is 12.0 Å². The fourth-order valence-corrected chi connectivity index (χ4v) is 1.71. The van der Waals surface area contributed by atoms with E-state index in [4.69, 9.17) is 10.9 Å². The normalized spacial score (nSPS) is 12.3. The van der Waals surface area contributed by atoms with Gasteiger partial charge in [-0.2, -0.15) is 13.2 Å². The highest BCUT2D eigenvalue weighted by atomic mass is 19.4. The van der Waals surface area contributed by atoms with E-state index in [9.17, 15) is 13.2 Å². The molecule has 0 spiro atoms.